The van der Waals surface area contributed by atoms with Gasteiger partial charge in [-0.25, -0.2) is 4.39 Å². The van der Waals surface area contributed by atoms with Gasteiger partial charge in [-0.3, -0.25) is 0 Å². The lowest BCUT2D eigenvalue weighted by Gasteiger charge is -2.24. The Labute approximate surface area is 54.6 Å². The van der Waals surface area contributed by atoms with Crippen molar-refractivity contribution in [2.45, 2.75) is 12.6 Å². The summed E-state index contributed by atoms with van der Waals surface area (Å²) in [6.07, 6.45) is 0.168. The standard InChI is InChI=1S/C6H13FN2/c7-6-4-9-2-1-5(6)3-8/h5-6,9H,1-4,8H2. The third-order valence-corrected chi connectivity index (χ3v) is 1.85. The van der Waals surface area contributed by atoms with Crippen LogP contribution in [0.2, 0.25) is 0 Å². The number of halogens is 1. The third kappa shape index (κ3) is 1.63. The van der Waals surface area contributed by atoms with Crippen molar-refractivity contribution in [1.29, 1.82) is 0 Å². The Morgan fingerprint density at radius 1 is 1.67 bits per heavy atom. The van der Waals surface area contributed by atoms with Crippen molar-refractivity contribution >= 4 is 0 Å². The maximum atomic E-state index is 12.7. The maximum absolute atomic E-state index is 12.7. The molecule has 1 saturated heterocycles. The summed E-state index contributed by atoms with van der Waals surface area (Å²) in [6.45, 7) is 1.90. The molecule has 0 radical (unpaired) electrons. The summed E-state index contributed by atoms with van der Waals surface area (Å²) in [5.41, 5.74) is 5.33. The fourth-order valence-electron chi connectivity index (χ4n) is 1.14. The van der Waals surface area contributed by atoms with E-state index >= 15 is 0 Å². The Balaban J connectivity index is 2.30. The first-order chi connectivity index (χ1) is 4.34. The molecule has 1 aliphatic heterocycles. The van der Waals surface area contributed by atoms with E-state index in [-0.39, 0.29) is 5.92 Å². The average Bonchev–Trinajstić information content (AvgIpc) is 1.89. The predicted octanol–water partition coefficient (Wildman–Crippen LogP) is -0.107. The molecule has 1 heterocycles. The van der Waals surface area contributed by atoms with Gasteiger partial charge in [0.1, 0.15) is 6.17 Å². The highest BCUT2D eigenvalue weighted by molar-refractivity contribution is 4.77. The van der Waals surface area contributed by atoms with Crippen molar-refractivity contribution < 1.29 is 4.39 Å². The van der Waals surface area contributed by atoms with E-state index in [1.165, 1.54) is 0 Å². The molecule has 0 bridgehead atoms. The van der Waals surface area contributed by atoms with Crippen LogP contribution in [0, 0.1) is 5.92 Å². The van der Waals surface area contributed by atoms with Gasteiger partial charge in [-0.1, -0.05) is 0 Å². The molecule has 0 amide bonds. The molecule has 2 unspecified atom stereocenters. The molecule has 3 heteroatoms. The highest BCUT2D eigenvalue weighted by atomic mass is 19.1. The number of alkyl halides is 1. The first-order valence-electron chi connectivity index (χ1n) is 3.39. The molecule has 0 aliphatic carbocycles. The van der Waals surface area contributed by atoms with Crippen LogP contribution < -0.4 is 11.1 Å². The first kappa shape index (κ1) is 6.96. The Morgan fingerprint density at radius 3 is 2.89 bits per heavy atom. The number of hydrogen-bond acceptors (Lipinski definition) is 2. The maximum Gasteiger partial charge on any atom is 0.117 e. The summed E-state index contributed by atoms with van der Waals surface area (Å²) in [6, 6.07) is 0. The predicted molar refractivity (Wildman–Crippen MR) is 34.9 cm³/mol. The Hall–Kier alpha value is -0.150. The van der Waals surface area contributed by atoms with E-state index in [1.54, 1.807) is 0 Å². The SMILES string of the molecule is NCC1CCNCC1F. The van der Waals surface area contributed by atoms with Gasteiger partial charge in [0.25, 0.3) is 0 Å². The molecule has 1 fully saturated rings. The molecule has 3 N–H and O–H groups in total. The summed E-state index contributed by atoms with van der Waals surface area (Å²) in [5.74, 6) is 0.103. The van der Waals surface area contributed by atoms with E-state index in [9.17, 15) is 4.39 Å². The summed E-state index contributed by atoms with van der Waals surface area (Å²) in [4.78, 5) is 0. The molecule has 0 aromatic carbocycles. The van der Waals surface area contributed by atoms with Crippen LogP contribution in [0.15, 0.2) is 0 Å². The van der Waals surface area contributed by atoms with Gasteiger partial charge >= 0.3 is 0 Å². The highest BCUT2D eigenvalue weighted by Gasteiger charge is 2.22. The second kappa shape index (κ2) is 3.13. The van der Waals surface area contributed by atoms with Gasteiger partial charge in [-0.05, 0) is 19.5 Å². The highest BCUT2D eigenvalue weighted by Crippen LogP contribution is 2.13. The number of piperidine rings is 1. The lowest BCUT2D eigenvalue weighted by Crippen LogP contribution is -2.41. The van der Waals surface area contributed by atoms with Crippen LogP contribution in [0.25, 0.3) is 0 Å². The summed E-state index contributed by atoms with van der Waals surface area (Å²) in [5, 5.41) is 2.97. The molecule has 0 aromatic rings. The molecular formula is C6H13FN2. The van der Waals surface area contributed by atoms with E-state index in [0.717, 1.165) is 13.0 Å². The fraction of sp³-hybridized carbons (Fsp3) is 1.00. The van der Waals surface area contributed by atoms with Gasteiger partial charge in [-0.15, -0.1) is 0 Å². The topological polar surface area (TPSA) is 38.0 Å². The second-order valence-electron chi connectivity index (χ2n) is 2.50. The minimum absolute atomic E-state index is 0.103. The van der Waals surface area contributed by atoms with Crippen molar-refractivity contribution in [3.63, 3.8) is 0 Å². The molecule has 2 atom stereocenters. The molecule has 54 valence electrons. The van der Waals surface area contributed by atoms with E-state index in [2.05, 4.69) is 5.32 Å². The van der Waals surface area contributed by atoms with Gasteiger partial charge in [0.05, 0.1) is 0 Å². The van der Waals surface area contributed by atoms with E-state index < -0.39 is 6.17 Å². The first-order valence-corrected chi connectivity index (χ1v) is 3.39. The zero-order valence-electron chi connectivity index (χ0n) is 5.44. The number of rotatable bonds is 1. The third-order valence-electron chi connectivity index (χ3n) is 1.85. The largest absolute Gasteiger partial charge is 0.330 e. The van der Waals surface area contributed by atoms with E-state index in [0.29, 0.717) is 13.1 Å². The molecular weight excluding hydrogens is 119 g/mol. The Bertz CT molecular complexity index is 87.1. The average molecular weight is 132 g/mol. The summed E-state index contributed by atoms with van der Waals surface area (Å²) < 4.78 is 12.7. The quantitative estimate of drug-likeness (QED) is 0.522. The van der Waals surface area contributed by atoms with Crippen LogP contribution >= 0.6 is 0 Å². The van der Waals surface area contributed by atoms with Crippen molar-refractivity contribution in [2.24, 2.45) is 11.7 Å². The van der Waals surface area contributed by atoms with Crippen LogP contribution in [0.1, 0.15) is 6.42 Å². The van der Waals surface area contributed by atoms with Gasteiger partial charge in [0.15, 0.2) is 0 Å². The van der Waals surface area contributed by atoms with E-state index in [4.69, 9.17) is 5.73 Å². The van der Waals surface area contributed by atoms with Gasteiger partial charge < -0.3 is 11.1 Å². The normalized spacial score (nSPS) is 36.7. The van der Waals surface area contributed by atoms with Gasteiger partial charge in [0.2, 0.25) is 0 Å². The second-order valence-corrected chi connectivity index (χ2v) is 2.50. The Kier molecular flexibility index (Phi) is 2.42. The molecule has 1 aliphatic rings. The zero-order chi connectivity index (χ0) is 6.69. The van der Waals surface area contributed by atoms with Crippen molar-refractivity contribution in [3.05, 3.63) is 0 Å². The van der Waals surface area contributed by atoms with Gasteiger partial charge in [-0.2, -0.15) is 0 Å². The number of hydrogen-bond donors (Lipinski definition) is 2. The molecule has 2 nitrogen and oxygen atoms in total. The molecule has 0 spiro atoms. The molecule has 0 aromatic heterocycles. The van der Waals surface area contributed by atoms with Crippen LogP contribution in [0.5, 0.6) is 0 Å². The smallest absolute Gasteiger partial charge is 0.117 e. The van der Waals surface area contributed by atoms with E-state index in [1.807, 2.05) is 0 Å². The molecule has 9 heavy (non-hydrogen) atoms. The molecule has 1 rings (SSSR count). The number of nitrogens with one attached hydrogen (secondary N) is 1. The van der Waals surface area contributed by atoms with Crippen molar-refractivity contribution in [1.82, 2.24) is 5.32 Å². The lowest BCUT2D eigenvalue weighted by molar-refractivity contribution is 0.185. The Morgan fingerprint density at radius 2 is 2.44 bits per heavy atom. The van der Waals surface area contributed by atoms with Crippen LogP contribution in [-0.2, 0) is 0 Å². The number of nitrogens with two attached hydrogens (primary N) is 1. The lowest BCUT2D eigenvalue weighted by atomic mass is 9.97. The van der Waals surface area contributed by atoms with Crippen molar-refractivity contribution in [3.8, 4) is 0 Å². The monoisotopic (exact) mass is 132 g/mol. The minimum atomic E-state index is -0.719. The zero-order valence-corrected chi connectivity index (χ0v) is 5.44. The van der Waals surface area contributed by atoms with Crippen LogP contribution in [-0.4, -0.2) is 25.8 Å². The summed E-state index contributed by atoms with van der Waals surface area (Å²) >= 11 is 0. The van der Waals surface area contributed by atoms with Crippen LogP contribution in [0.3, 0.4) is 0 Å². The summed E-state index contributed by atoms with van der Waals surface area (Å²) in [7, 11) is 0. The molecule has 0 saturated carbocycles. The fourth-order valence-corrected chi connectivity index (χ4v) is 1.14. The van der Waals surface area contributed by atoms with Crippen molar-refractivity contribution in [2.75, 3.05) is 19.6 Å². The van der Waals surface area contributed by atoms with Gasteiger partial charge in [0, 0.05) is 12.5 Å². The minimum Gasteiger partial charge on any atom is -0.330 e. The van der Waals surface area contributed by atoms with Crippen LogP contribution in [0.4, 0.5) is 4.39 Å².